The van der Waals surface area contributed by atoms with Crippen molar-refractivity contribution in [3.63, 3.8) is 0 Å². The third-order valence-corrected chi connectivity index (χ3v) is 3.15. The molecular formula is C15H21N3O2. The minimum Gasteiger partial charge on any atom is -0.497 e. The van der Waals surface area contributed by atoms with Crippen LogP contribution in [0.2, 0.25) is 0 Å². The molecule has 1 heterocycles. The molecule has 0 atom stereocenters. The Morgan fingerprint density at radius 3 is 2.55 bits per heavy atom. The van der Waals surface area contributed by atoms with Crippen molar-refractivity contribution in [1.29, 1.82) is 0 Å². The first-order chi connectivity index (χ1) is 9.72. The van der Waals surface area contributed by atoms with Gasteiger partial charge in [-0.05, 0) is 17.7 Å². The van der Waals surface area contributed by atoms with Gasteiger partial charge in [-0.25, -0.2) is 0 Å². The summed E-state index contributed by atoms with van der Waals surface area (Å²) < 4.78 is 12.2. The Bertz CT molecular complexity index is 522. The van der Waals surface area contributed by atoms with Gasteiger partial charge in [0.25, 0.3) is 0 Å². The fraction of sp³-hybridized carbons (Fsp3) is 0.400. The zero-order chi connectivity index (χ0) is 14.4. The summed E-state index contributed by atoms with van der Waals surface area (Å²) in [6.45, 7) is 2.28. The molecule has 1 aromatic carbocycles. The Labute approximate surface area is 119 Å². The fourth-order valence-electron chi connectivity index (χ4n) is 1.90. The first kappa shape index (κ1) is 14.4. The van der Waals surface area contributed by atoms with Gasteiger partial charge in [0, 0.05) is 33.0 Å². The van der Waals surface area contributed by atoms with E-state index in [1.807, 2.05) is 36.1 Å². The summed E-state index contributed by atoms with van der Waals surface area (Å²) in [5.41, 5.74) is 1.19. The number of methoxy groups -OCH3 is 2. The number of rotatable bonds is 7. The highest BCUT2D eigenvalue weighted by molar-refractivity contribution is 5.35. The van der Waals surface area contributed by atoms with Gasteiger partial charge in [0.05, 0.1) is 20.3 Å². The van der Waals surface area contributed by atoms with E-state index in [0.29, 0.717) is 6.61 Å². The standard InChI is InChI=1S/C15H21N3O2/c1-17(10-11-19-2)15-8-9-18(16-15)12-13-4-6-14(20-3)7-5-13/h4-9H,10-12H2,1-3H3. The van der Waals surface area contributed by atoms with E-state index in [4.69, 9.17) is 9.47 Å². The molecule has 0 radical (unpaired) electrons. The molecule has 5 nitrogen and oxygen atoms in total. The first-order valence-electron chi connectivity index (χ1n) is 6.59. The summed E-state index contributed by atoms with van der Waals surface area (Å²) in [4.78, 5) is 2.08. The second kappa shape index (κ2) is 6.96. The number of hydrogen-bond donors (Lipinski definition) is 0. The monoisotopic (exact) mass is 275 g/mol. The topological polar surface area (TPSA) is 39.5 Å². The van der Waals surface area contributed by atoms with E-state index >= 15 is 0 Å². The molecule has 0 aliphatic carbocycles. The molecule has 0 N–H and O–H groups in total. The van der Waals surface area contributed by atoms with Crippen molar-refractivity contribution in [3.05, 3.63) is 42.1 Å². The molecule has 0 aliphatic heterocycles. The zero-order valence-electron chi connectivity index (χ0n) is 12.2. The van der Waals surface area contributed by atoms with Gasteiger partial charge in [-0.3, -0.25) is 4.68 Å². The van der Waals surface area contributed by atoms with Crippen molar-refractivity contribution in [3.8, 4) is 5.75 Å². The second-order valence-electron chi connectivity index (χ2n) is 4.63. The van der Waals surface area contributed by atoms with E-state index in [2.05, 4.69) is 22.1 Å². The van der Waals surface area contributed by atoms with Gasteiger partial charge in [-0.1, -0.05) is 12.1 Å². The number of benzene rings is 1. The Morgan fingerprint density at radius 2 is 1.90 bits per heavy atom. The molecule has 5 heteroatoms. The van der Waals surface area contributed by atoms with Crippen molar-refractivity contribution < 1.29 is 9.47 Å². The van der Waals surface area contributed by atoms with Gasteiger partial charge >= 0.3 is 0 Å². The van der Waals surface area contributed by atoms with E-state index in [9.17, 15) is 0 Å². The molecule has 0 aliphatic rings. The van der Waals surface area contributed by atoms with Crippen LogP contribution >= 0.6 is 0 Å². The molecule has 20 heavy (non-hydrogen) atoms. The molecule has 0 unspecified atom stereocenters. The molecule has 1 aromatic heterocycles. The number of likely N-dealkylation sites (N-methyl/N-ethyl adjacent to an activating group) is 1. The highest BCUT2D eigenvalue weighted by Crippen LogP contribution is 2.13. The van der Waals surface area contributed by atoms with Gasteiger partial charge in [-0.15, -0.1) is 0 Å². The predicted octanol–water partition coefficient (Wildman–Crippen LogP) is 2.02. The predicted molar refractivity (Wildman–Crippen MR) is 79.5 cm³/mol. The third-order valence-electron chi connectivity index (χ3n) is 3.15. The van der Waals surface area contributed by atoms with Gasteiger partial charge < -0.3 is 14.4 Å². The Balaban J connectivity index is 1.97. The molecule has 0 spiro atoms. The Hall–Kier alpha value is -2.01. The highest BCUT2D eigenvalue weighted by atomic mass is 16.5. The first-order valence-corrected chi connectivity index (χ1v) is 6.59. The van der Waals surface area contributed by atoms with Crippen molar-refractivity contribution >= 4 is 5.82 Å². The van der Waals surface area contributed by atoms with Crippen LogP contribution in [0.4, 0.5) is 5.82 Å². The van der Waals surface area contributed by atoms with E-state index in [1.54, 1.807) is 14.2 Å². The average Bonchev–Trinajstić information content (AvgIpc) is 2.94. The van der Waals surface area contributed by atoms with E-state index in [-0.39, 0.29) is 0 Å². The van der Waals surface area contributed by atoms with Crippen LogP contribution in [-0.2, 0) is 11.3 Å². The van der Waals surface area contributed by atoms with Crippen molar-refractivity contribution in [2.24, 2.45) is 0 Å². The number of nitrogens with zero attached hydrogens (tertiary/aromatic N) is 3. The summed E-state index contributed by atoms with van der Waals surface area (Å²) in [6.07, 6.45) is 1.99. The van der Waals surface area contributed by atoms with E-state index in [1.165, 1.54) is 5.56 Å². The van der Waals surface area contributed by atoms with Gasteiger partial charge in [0.15, 0.2) is 0 Å². The minimum atomic E-state index is 0.696. The zero-order valence-corrected chi connectivity index (χ0v) is 12.2. The lowest BCUT2D eigenvalue weighted by molar-refractivity contribution is 0.206. The summed E-state index contributed by atoms with van der Waals surface area (Å²) >= 11 is 0. The molecule has 108 valence electrons. The average molecular weight is 275 g/mol. The molecule has 2 rings (SSSR count). The van der Waals surface area contributed by atoms with Gasteiger partial charge in [-0.2, -0.15) is 5.10 Å². The lowest BCUT2D eigenvalue weighted by Gasteiger charge is -2.15. The molecule has 0 amide bonds. The highest BCUT2D eigenvalue weighted by Gasteiger charge is 2.05. The normalized spacial score (nSPS) is 10.6. The lowest BCUT2D eigenvalue weighted by Crippen LogP contribution is -2.22. The minimum absolute atomic E-state index is 0.696. The number of anilines is 1. The summed E-state index contributed by atoms with van der Waals surface area (Å²) in [7, 11) is 5.39. The Morgan fingerprint density at radius 1 is 1.15 bits per heavy atom. The van der Waals surface area contributed by atoms with E-state index < -0.39 is 0 Å². The summed E-state index contributed by atoms with van der Waals surface area (Å²) in [6, 6.07) is 10.0. The number of hydrogen-bond acceptors (Lipinski definition) is 4. The van der Waals surface area contributed by atoms with Crippen LogP contribution in [0.1, 0.15) is 5.56 Å². The molecular weight excluding hydrogens is 254 g/mol. The van der Waals surface area contributed by atoms with Gasteiger partial charge in [0.1, 0.15) is 11.6 Å². The lowest BCUT2D eigenvalue weighted by atomic mass is 10.2. The summed E-state index contributed by atoms with van der Waals surface area (Å²) in [5, 5.41) is 4.56. The maximum atomic E-state index is 5.15. The maximum Gasteiger partial charge on any atom is 0.150 e. The van der Waals surface area contributed by atoms with Crippen molar-refractivity contribution in [1.82, 2.24) is 9.78 Å². The van der Waals surface area contributed by atoms with Crippen LogP contribution < -0.4 is 9.64 Å². The third kappa shape index (κ3) is 3.74. The largest absolute Gasteiger partial charge is 0.497 e. The van der Waals surface area contributed by atoms with E-state index in [0.717, 1.165) is 24.7 Å². The maximum absolute atomic E-state index is 5.15. The number of ether oxygens (including phenoxy) is 2. The molecule has 0 saturated carbocycles. The fourth-order valence-corrected chi connectivity index (χ4v) is 1.90. The smallest absolute Gasteiger partial charge is 0.150 e. The van der Waals surface area contributed by atoms with Crippen molar-refractivity contribution in [2.75, 3.05) is 39.3 Å². The molecule has 2 aromatic rings. The molecule has 0 fully saturated rings. The van der Waals surface area contributed by atoms with Crippen LogP contribution in [0, 0.1) is 0 Å². The van der Waals surface area contributed by atoms with Gasteiger partial charge in [0.2, 0.25) is 0 Å². The van der Waals surface area contributed by atoms with Crippen molar-refractivity contribution in [2.45, 2.75) is 6.54 Å². The van der Waals surface area contributed by atoms with Crippen LogP contribution in [0.15, 0.2) is 36.5 Å². The second-order valence-corrected chi connectivity index (χ2v) is 4.63. The quantitative estimate of drug-likeness (QED) is 0.775. The van der Waals surface area contributed by atoms with Crippen LogP contribution in [0.25, 0.3) is 0 Å². The molecule has 0 bridgehead atoms. The molecule has 0 saturated heterocycles. The summed E-state index contributed by atoms with van der Waals surface area (Å²) in [5.74, 6) is 1.82. The SMILES string of the molecule is COCCN(C)c1ccn(Cc2ccc(OC)cc2)n1. The van der Waals surface area contributed by atoms with Crippen LogP contribution in [0.5, 0.6) is 5.75 Å². The van der Waals surface area contributed by atoms with Crippen LogP contribution in [-0.4, -0.2) is 44.2 Å². The Kier molecular flexibility index (Phi) is 5.01. The number of aromatic nitrogens is 2. The van der Waals surface area contributed by atoms with Crippen LogP contribution in [0.3, 0.4) is 0 Å².